The summed E-state index contributed by atoms with van der Waals surface area (Å²) in [4.78, 5) is 14.8. The minimum atomic E-state index is -0.241. The summed E-state index contributed by atoms with van der Waals surface area (Å²) < 4.78 is 5.13. The third-order valence-electron chi connectivity index (χ3n) is 4.03. The highest BCUT2D eigenvalue weighted by Gasteiger charge is 2.38. The number of carbonyl (C=O) groups is 1. The van der Waals surface area contributed by atoms with Crippen LogP contribution in [0.15, 0.2) is 0 Å². The van der Waals surface area contributed by atoms with Crippen LogP contribution in [0.25, 0.3) is 0 Å². The maximum Gasteiger partial charge on any atom is 0.230 e. The molecule has 2 unspecified atom stereocenters. The molecule has 1 aliphatic rings. The number of hydrogen-bond acceptors (Lipinski definition) is 3. The summed E-state index contributed by atoms with van der Waals surface area (Å²) in [6.07, 6.45) is 3.05. The number of methoxy groups -OCH3 is 1. The molecular formula is C14H28N2O2. The van der Waals surface area contributed by atoms with Crippen molar-refractivity contribution in [2.24, 2.45) is 5.41 Å². The van der Waals surface area contributed by atoms with Crippen LogP contribution < -0.4 is 5.32 Å². The van der Waals surface area contributed by atoms with Crippen LogP contribution in [0, 0.1) is 5.41 Å². The Kier molecular flexibility index (Phi) is 6.09. The lowest BCUT2D eigenvalue weighted by Crippen LogP contribution is -2.53. The molecule has 18 heavy (non-hydrogen) atoms. The summed E-state index contributed by atoms with van der Waals surface area (Å²) in [5.74, 6) is 0.279. The first kappa shape index (κ1) is 15.4. The zero-order chi connectivity index (χ0) is 13.6. The Morgan fingerprint density at radius 3 is 2.78 bits per heavy atom. The summed E-state index contributed by atoms with van der Waals surface area (Å²) in [5.41, 5.74) is -0.241. The van der Waals surface area contributed by atoms with Crippen LogP contribution in [0.4, 0.5) is 0 Å². The van der Waals surface area contributed by atoms with Gasteiger partial charge in [-0.25, -0.2) is 0 Å². The molecule has 1 N–H and O–H groups in total. The van der Waals surface area contributed by atoms with Gasteiger partial charge in [0.05, 0.1) is 12.0 Å². The summed E-state index contributed by atoms with van der Waals surface area (Å²) in [6, 6.07) is 0.284. The predicted molar refractivity (Wildman–Crippen MR) is 73.6 cm³/mol. The van der Waals surface area contributed by atoms with E-state index in [4.69, 9.17) is 4.74 Å². The van der Waals surface area contributed by atoms with Crippen LogP contribution in [-0.4, -0.2) is 50.2 Å². The first-order chi connectivity index (χ1) is 8.55. The largest absolute Gasteiger partial charge is 0.383 e. The van der Waals surface area contributed by atoms with E-state index in [1.165, 1.54) is 0 Å². The van der Waals surface area contributed by atoms with E-state index in [2.05, 4.69) is 26.1 Å². The zero-order valence-corrected chi connectivity index (χ0v) is 12.3. The van der Waals surface area contributed by atoms with E-state index in [9.17, 15) is 4.79 Å². The second kappa shape index (κ2) is 7.10. The van der Waals surface area contributed by atoms with Crippen molar-refractivity contribution in [1.82, 2.24) is 10.2 Å². The Labute approximate surface area is 111 Å². The fourth-order valence-corrected chi connectivity index (χ4v) is 2.52. The van der Waals surface area contributed by atoms with Crippen molar-refractivity contribution in [3.8, 4) is 0 Å². The van der Waals surface area contributed by atoms with E-state index in [1.54, 1.807) is 7.11 Å². The molecule has 0 radical (unpaired) electrons. The maximum atomic E-state index is 12.8. The summed E-state index contributed by atoms with van der Waals surface area (Å²) >= 11 is 0. The topological polar surface area (TPSA) is 41.6 Å². The van der Waals surface area contributed by atoms with Gasteiger partial charge in [-0.05, 0) is 39.7 Å². The molecule has 0 aromatic carbocycles. The van der Waals surface area contributed by atoms with Gasteiger partial charge in [0.2, 0.25) is 5.91 Å². The van der Waals surface area contributed by atoms with Crippen LogP contribution in [0.2, 0.25) is 0 Å². The van der Waals surface area contributed by atoms with Crippen LogP contribution in [0.5, 0.6) is 0 Å². The Hall–Kier alpha value is -0.610. The second-order valence-electron chi connectivity index (χ2n) is 5.59. The van der Waals surface area contributed by atoms with Gasteiger partial charge in [0.15, 0.2) is 0 Å². The van der Waals surface area contributed by atoms with Crippen LogP contribution in [-0.2, 0) is 9.53 Å². The number of nitrogens with zero attached hydrogens (tertiary/aromatic N) is 1. The number of rotatable bonds is 6. The Bertz CT molecular complexity index is 263. The molecule has 1 fully saturated rings. The van der Waals surface area contributed by atoms with E-state index in [0.29, 0.717) is 13.2 Å². The standard InChI is InChI=1S/C14H28N2O2/c1-5-12(2)16(9-10-18-4)13(17)14(3)7-6-8-15-11-14/h12,15H,5-11H2,1-4H3. The molecule has 0 spiro atoms. The molecule has 1 saturated heterocycles. The molecule has 1 rings (SSSR count). The van der Waals surface area contributed by atoms with Gasteiger partial charge in [0.1, 0.15) is 0 Å². The zero-order valence-electron chi connectivity index (χ0n) is 12.3. The average molecular weight is 256 g/mol. The molecule has 2 atom stereocenters. The van der Waals surface area contributed by atoms with Crippen molar-refractivity contribution < 1.29 is 9.53 Å². The molecule has 0 aliphatic carbocycles. The molecule has 0 saturated carbocycles. The quantitative estimate of drug-likeness (QED) is 0.785. The van der Waals surface area contributed by atoms with E-state index in [-0.39, 0.29) is 17.4 Å². The van der Waals surface area contributed by atoms with E-state index >= 15 is 0 Å². The van der Waals surface area contributed by atoms with Crippen molar-refractivity contribution >= 4 is 5.91 Å². The van der Waals surface area contributed by atoms with Gasteiger partial charge in [-0.2, -0.15) is 0 Å². The maximum absolute atomic E-state index is 12.8. The lowest BCUT2D eigenvalue weighted by atomic mass is 9.81. The van der Waals surface area contributed by atoms with E-state index in [0.717, 1.165) is 32.4 Å². The van der Waals surface area contributed by atoms with Gasteiger partial charge < -0.3 is 15.0 Å². The first-order valence-corrected chi connectivity index (χ1v) is 7.06. The number of ether oxygens (including phenoxy) is 1. The number of nitrogens with one attached hydrogen (secondary N) is 1. The fourth-order valence-electron chi connectivity index (χ4n) is 2.52. The summed E-state index contributed by atoms with van der Waals surface area (Å²) in [5, 5.41) is 3.35. The highest BCUT2D eigenvalue weighted by molar-refractivity contribution is 5.83. The Morgan fingerprint density at radius 2 is 2.28 bits per heavy atom. The Morgan fingerprint density at radius 1 is 1.56 bits per heavy atom. The lowest BCUT2D eigenvalue weighted by Gasteiger charge is -2.39. The van der Waals surface area contributed by atoms with Crippen molar-refractivity contribution in [1.29, 1.82) is 0 Å². The minimum Gasteiger partial charge on any atom is -0.383 e. The third kappa shape index (κ3) is 3.69. The molecule has 0 aromatic heterocycles. The molecule has 0 bridgehead atoms. The van der Waals surface area contributed by atoms with Gasteiger partial charge in [0.25, 0.3) is 0 Å². The molecule has 106 valence electrons. The summed E-state index contributed by atoms with van der Waals surface area (Å²) in [7, 11) is 1.68. The van der Waals surface area contributed by atoms with Crippen molar-refractivity contribution in [3.05, 3.63) is 0 Å². The minimum absolute atomic E-state index is 0.241. The van der Waals surface area contributed by atoms with Gasteiger partial charge in [-0.3, -0.25) is 4.79 Å². The molecular weight excluding hydrogens is 228 g/mol. The van der Waals surface area contributed by atoms with Crippen LogP contribution in [0.1, 0.15) is 40.0 Å². The predicted octanol–water partition coefficient (Wildman–Crippen LogP) is 1.65. The van der Waals surface area contributed by atoms with Gasteiger partial charge >= 0.3 is 0 Å². The van der Waals surface area contributed by atoms with Crippen molar-refractivity contribution in [2.45, 2.75) is 46.1 Å². The monoisotopic (exact) mass is 256 g/mol. The van der Waals surface area contributed by atoms with Crippen molar-refractivity contribution in [2.75, 3.05) is 33.4 Å². The molecule has 4 heteroatoms. The van der Waals surface area contributed by atoms with Gasteiger partial charge in [-0.1, -0.05) is 6.92 Å². The Balaban J connectivity index is 2.73. The first-order valence-electron chi connectivity index (χ1n) is 7.06. The molecule has 1 amide bonds. The third-order valence-corrected chi connectivity index (χ3v) is 4.03. The number of carbonyl (C=O) groups excluding carboxylic acids is 1. The number of hydrogen-bond donors (Lipinski definition) is 1. The van der Waals surface area contributed by atoms with Crippen LogP contribution >= 0.6 is 0 Å². The second-order valence-corrected chi connectivity index (χ2v) is 5.59. The molecule has 1 heterocycles. The summed E-state index contributed by atoms with van der Waals surface area (Å²) in [6.45, 7) is 9.46. The molecule has 4 nitrogen and oxygen atoms in total. The normalized spacial score (nSPS) is 25.8. The van der Waals surface area contributed by atoms with Gasteiger partial charge in [0, 0.05) is 26.2 Å². The highest BCUT2D eigenvalue weighted by Crippen LogP contribution is 2.29. The lowest BCUT2D eigenvalue weighted by molar-refractivity contribution is -0.145. The average Bonchev–Trinajstić information content (AvgIpc) is 2.39. The molecule has 0 aromatic rings. The van der Waals surface area contributed by atoms with Crippen molar-refractivity contribution in [3.63, 3.8) is 0 Å². The fraction of sp³-hybridized carbons (Fsp3) is 0.929. The highest BCUT2D eigenvalue weighted by atomic mass is 16.5. The smallest absolute Gasteiger partial charge is 0.230 e. The number of amides is 1. The van der Waals surface area contributed by atoms with Crippen LogP contribution in [0.3, 0.4) is 0 Å². The van der Waals surface area contributed by atoms with E-state index in [1.807, 2.05) is 4.90 Å². The molecule has 1 aliphatic heterocycles. The number of piperidine rings is 1. The van der Waals surface area contributed by atoms with E-state index < -0.39 is 0 Å². The van der Waals surface area contributed by atoms with Gasteiger partial charge in [-0.15, -0.1) is 0 Å². The SMILES string of the molecule is CCC(C)N(CCOC)C(=O)C1(C)CCCNC1.